The van der Waals surface area contributed by atoms with E-state index < -0.39 is 0 Å². The number of nitrogens with zero attached hydrogens (tertiary/aromatic N) is 3. The van der Waals surface area contributed by atoms with E-state index in [0.29, 0.717) is 0 Å². The van der Waals surface area contributed by atoms with E-state index in [1.807, 2.05) is 19.2 Å². The zero-order valence-corrected chi connectivity index (χ0v) is 13.1. The Labute approximate surface area is 130 Å². The Kier molecular flexibility index (Phi) is 3.98. The molecular formula is C15H12FN3S2. The predicted octanol–water partition coefficient (Wildman–Crippen LogP) is 4.44. The van der Waals surface area contributed by atoms with Crippen molar-refractivity contribution >= 4 is 23.1 Å². The van der Waals surface area contributed by atoms with Crippen LogP contribution in [0.3, 0.4) is 0 Å². The number of benzene rings is 1. The molecule has 0 bridgehead atoms. The third kappa shape index (κ3) is 2.96. The maximum absolute atomic E-state index is 13.1. The summed E-state index contributed by atoms with van der Waals surface area (Å²) in [5, 5.41) is 1.68. The highest BCUT2D eigenvalue weighted by atomic mass is 32.2. The minimum Gasteiger partial charge on any atom is -0.241 e. The van der Waals surface area contributed by atoms with Crippen LogP contribution in [-0.4, -0.2) is 21.2 Å². The fraction of sp³-hybridized carbons (Fsp3) is 0.133. The summed E-state index contributed by atoms with van der Waals surface area (Å²) < 4.78 is 13.1. The standard InChI is InChI=1S/C15H12FN3S2/c1-9-18-13(10-3-5-11(16)6-4-10)14(21-9)12-7-8-17-15(19-12)20-2/h3-8H,1-2H3. The van der Waals surface area contributed by atoms with E-state index in [1.165, 1.54) is 23.9 Å². The number of thioether (sulfide) groups is 1. The molecule has 6 heteroatoms. The third-order valence-corrected chi connectivity index (χ3v) is 4.46. The van der Waals surface area contributed by atoms with E-state index in [1.54, 1.807) is 29.7 Å². The van der Waals surface area contributed by atoms with Crippen LogP contribution in [0.4, 0.5) is 4.39 Å². The molecular weight excluding hydrogens is 305 g/mol. The highest BCUT2D eigenvalue weighted by Gasteiger charge is 2.15. The Bertz CT molecular complexity index is 769. The first-order chi connectivity index (χ1) is 10.2. The first kappa shape index (κ1) is 14.2. The largest absolute Gasteiger partial charge is 0.241 e. The van der Waals surface area contributed by atoms with Gasteiger partial charge in [0.1, 0.15) is 5.82 Å². The average molecular weight is 317 g/mol. The highest BCUT2D eigenvalue weighted by molar-refractivity contribution is 7.98. The summed E-state index contributed by atoms with van der Waals surface area (Å²) in [5.41, 5.74) is 2.57. The first-order valence-corrected chi connectivity index (χ1v) is 8.32. The lowest BCUT2D eigenvalue weighted by Crippen LogP contribution is -1.89. The minimum atomic E-state index is -0.251. The van der Waals surface area contributed by atoms with Crippen LogP contribution in [0.15, 0.2) is 41.7 Å². The molecule has 0 radical (unpaired) electrons. The molecule has 3 aromatic rings. The van der Waals surface area contributed by atoms with Crippen LogP contribution in [0.5, 0.6) is 0 Å². The van der Waals surface area contributed by atoms with E-state index in [-0.39, 0.29) is 5.82 Å². The normalized spacial score (nSPS) is 10.8. The van der Waals surface area contributed by atoms with Gasteiger partial charge in [-0.25, -0.2) is 19.3 Å². The number of aryl methyl sites for hydroxylation is 1. The van der Waals surface area contributed by atoms with Gasteiger partial charge in [-0.15, -0.1) is 11.3 Å². The maximum Gasteiger partial charge on any atom is 0.187 e. The van der Waals surface area contributed by atoms with Crippen LogP contribution in [0, 0.1) is 12.7 Å². The van der Waals surface area contributed by atoms with E-state index in [9.17, 15) is 4.39 Å². The van der Waals surface area contributed by atoms with Crippen molar-refractivity contribution in [2.45, 2.75) is 12.1 Å². The molecule has 0 aliphatic rings. The summed E-state index contributed by atoms with van der Waals surface area (Å²) in [6.45, 7) is 1.96. The van der Waals surface area contributed by atoms with Crippen LogP contribution < -0.4 is 0 Å². The topological polar surface area (TPSA) is 38.7 Å². The second-order valence-electron chi connectivity index (χ2n) is 4.35. The van der Waals surface area contributed by atoms with E-state index in [0.717, 1.165) is 32.0 Å². The molecule has 0 spiro atoms. The lowest BCUT2D eigenvalue weighted by atomic mass is 10.1. The molecule has 1 aromatic carbocycles. The molecule has 3 rings (SSSR count). The molecule has 2 aromatic heterocycles. The molecule has 0 saturated heterocycles. The molecule has 21 heavy (non-hydrogen) atoms. The fourth-order valence-electron chi connectivity index (χ4n) is 1.97. The van der Waals surface area contributed by atoms with Crippen molar-refractivity contribution in [3.05, 3.63) is 47.4 Å². The second-order valence-corrected chi connectivity index (χ2v) is 6.32. The summed E-state index contributed by atoms with van der Waals surface area (Å²) in [5.74, 6) is -0.251. The molecule has 0 aliphatic carbocycles. The summed E-state index contributed by atoms with van der Waals surface area (Å²) in [6.07, 6.45) is 3.69. The minimum absolute atomic E-state index is 0.251. The SMILES string of the molecule is CSc1nccc(-c2sc(C)nc2-c2ccc(F)cc2)n1. The number of hydrogen-bond donors (Lipinski definition) is 0. The molecule has 0 N–H and O–H groups in total. The van der Waals surface area contributed by atoms with E-state index >= 15 is 0 Å². The van der Waals surface area contributed by atoms with E-state index in [4.69, 9.17) is 0 Å². The Balaban J connectivity index is 2.13. The average Bonchev–Trinajstić information content (AvgIpc) is 2.90. The fourth-order valence-corrected chi connectivity index (χ4v) is 3.24. The van der Waals surface area contributed by atoms with Gasteiger partial charge in [-0.2, -0.15) is 0 Å². The van der Waals surface area contributed by atoms with Gasteiger partial charge in [0.05, 0.1) is 21.3 Å². The summed E-state index contributed by atoms with van der Waals surface area (Å²) >= 11 is 3.08. The highest BCUT2D eigenvalue weighted by Crippen LogP contribution is 2.35. The lowest BCUT2D eigenvalue weighted by Gasteiger charge is -2.03. The van der Waals surface area contributed by atoms with Crippen LogP contribution in [-0.2, 0) is 0 Å². The lowest BCUT2D eigenvalue weighted by molar-refractivity contribution is 0.628. The smallest absolute Gasteiger partial charge is 0.187 e. The molecule has 0 aliphatic heterocycles. The van der Waals surface area contributed by atoms with Crippen molar-refractivity contribution < 1.29 is 4.39 Å². The molecule has 0 unspecified atom stereocenters. The number of hydrogen-bond acceptors (Lipinski definition) is 5. The van der Waals surface area contributed by atoms with E-state index in [2.05, 4.69) is 15.0 Å². The molecule has 0 amide bonds. The molecule has 2 heterocycles. The van der Waals surface area contributed by atoms with Crippen molar-refractivity contribution in [1.82, 2.24) is 15.0 Å². The molecule has 0 atom stereocenters. The van der Waals surface area contributed by atoms with Crippen LogP contribution in [0.1, 0.15) is 5.01 Å². The summed E-state index contributed by atoms with van der Waals surface area (Å²) in [4.78, 5) is 14.3. The van der Waals surface area contributed by atoms with Crippen molar-refractivity contribution in [2.24, 2.45) is 0 Å². The Morgan fingerprint density at radius 1 is 1.10 bits per heavy atom. The second kappa shape index (κ2) is 5.91. The van der Waals surface area contributed by atoms with Crippen LogP contribution >= 0.6 is 23.1 Å². The molecule has 0 fully saturated rings. The van der Waals surface area contributed by atoms with Gasteiger partial charge in [0, 0.05) is 11.8 Å². The number of aromatic nitrogens is 3. The zero-order chi connectivity index (χ0) is 14.8. The van der Waals surface area contributed by atoms with Gasteiger partial charge in [0.25, 0.3) is 0 Å². The Hall–Kier alpha value is -1.79. The van der Waals surface area contributed by atoms with Gasteiger partial charge in [-0.05, 0) is 43.5 Å². The van der Waals surface area contributed by atoms with Crippen molar-refractivity contribution in [3.8, 4) is 21.8 Å². The van der Waals surface area contributed by atoms with Gasteiger partial charge in [0.15, 0.2) is 5.16 Å². The predicted molar refractivity (Wildman–Crippen MR) is 85.1 cm³/mol. The third-order valence-electron chi connectivity index (χ3n) is 2.90. The van der Waals surface area contributed by atoms with Gasteiger partial charge >= 0.3 is 0 Å². The quantitative estimate of drug-likeness (QED) is 0.529. The summed E-state index contributed by atoms with van der Waals surface area (Å²) in [6, 6.07) is 8.25. The Morgan fingerprint density at radius 2 is 1.86 bits per heavy atom. The van der Waals surface area contributed by atoms with Gasteiger partial charge in [-0.3, -0.25) is 0 Å². The molecule has 0 saturated carbocycles. The monoisotopic (exact) mass is 317 g/mol. The molecule has 3 nitrogen and oxygen atoms in total. The first-order valence-electron chi connectivity index (χ1n) is 6.28. The summed E-state index contributed by atoms with van der Waals surface area (Å²) in [7, 11) is 0. The number of thiazole rings is 1. The van der Waals surface area contributed by atoms with Crippen molar-refractivity contribution in [2.75, 3.05) is 6.26 Å². The van der Waals surface area contributed by atoms with Crippen LogP contribution in [0.2, 0.25) is 0 Å². The van der Waals surface area contributed by atoms with Gasteiger partial charge in [-0.1, -0.05) is 11.8 Å². The number of rotatable bonds is 3. The van der Waals surface area contributed by atoms with Crippen molar-refractivity contribution in [1.29, 1.82) is 0 Å². The number of halogens is 1. The molecule has 106 valence electrons. The van der Waals surface area contributed by atoms with Crippen molar-refractivity contribution in [3.63, 3.8) is 0 Å². The van der Waals surface area contributed by atoms with Crippen LogP contribution in [0.25, 0.3) is 21.8 Å². The van der Waals surface area contributed by atoms with Gasteiger partial charge in [0.2, 0.25) is 0 Å². The maximum atomic E-state index is 13.1. The van der Waals surface area contributed by atoms with Gasteiger partial charge < -0.3 is 0 Å². The zero-order valence-electron chi connectivity index (χ0n) is 11.5. The Morgan fingerprint density at radius 3 is 2.57 bits per heavy atom.